The molecule has 4 N–H and O–H groups in total. The summed E-state index contributed by atoms with van der Waals surface area (Å²) in [6.07, 6.45) is 2.23. The molecular weight excluding hydrogens is 382 g/mol. The first-order valence-corrected chi connectivity index (χ1v) is 10.1. The quantitative estimate of drug-likeness (QED) is 0.357. The van der Waals surface area contributed by atoms with Gasteiger partial charge >= 0.3 is 0 Å². The first kappa shape index (κ1) is 20.2. The molecule has 1 aliphatic heterocycles. The van der Waals surface area contributed by atoms with Crippen molar-refractivity contribution in [1.82, 2.24) is 0 Å². The maximum Gasteiger partial charge on any atom is 0.156 e. The van der Waals surface area contributed by atoms with Crippen LogP contribution in [-0.2, 0) is 6.42 Å². The molecule has 0 aliphatic carbocycles. The van der Waals surface area contributed by atoms with E-state index in [9.17, 15) is 8.78 Å². The van der Waals surface area contributed by atoms with Gasteiger partial charge < -0.3 is 10.6 Å². The minimum absolute atomic E-state index is 0.0225. The fourth-order valence-electron chi connectivity index (χ4n) is 4.10. The second-order valence-electron chi connectivity index (χ2n) is 7.91. The molecule has 0 bridgehead atoms. The Balaban J connectivity index is 1.47. The van der Waals surface area contributed by atoms with E-state index in [1.807, 2.05) is 30.3 Å². The van der Waals surface area contributed by atoms with Crippen LogP contribution in [0, 0.1) is 24.5 Å². The van der Waals surface area contributed by atoms with Gasteiger partial charge in [-0.2, -0.15) is 0 Å². The van der Waals surface area contributed by atoms with E-state index in [1.54, 1.807) is 0 Å². The lowest BCUT2D eigenvalue weighted by molar-refractivity contribution is 0.569. The molecule has 1 heterocycles. The molecule has 1 fully saturated rings. The third kappa shape index (κ3) is 3.96. The molecule has 1 atom stereocenters. The van der Waals surface area contributed by atoms with Crippen LogP contribution in [0.2, 0.25) is 0 Å². The van der Waals surface area contributed by atoms with Crippen molar-refractivity contribution in [3.8, 4) is 0 Å². The average Bonchev–Trinajstić information content (AvgIpc) is 3.21. The summed E-state index contributed by atoms with van der Waals surface area (Å²) in [5, 5.41) is 1.17. The van der Waals surface area contributed by atoms with Gasteiger partial charge in [-0.3, -0.25) is 5.01 Å². The van der Waals surface area contributed by atoms with Crippen molar-refractivity contribution in [1.29, 1.82) is 0 Å². The number of hydrazine groups is 1. The summed E-state index contributed by atoms with van der Waals surface area (Å²) in [7, 11) is 0. The SMILES string of the molecule is Cc1c(F)cc(N)c(N(N)c2ccc(N3CCC(Cc4ccccc4)C3)cc2)c1F. The second-order valence-corrected chi connectivity index (χ2v) is 7.91. The van der Waals surface area contributed by atoms with Gasteiger partial charge in [0.2, 0.25) is 0 Å². The lowest BCUT2D eigenvalue weighted by Crippen LogP contribution is -2.27. The number of nitrogens with zero attached hydrogens (tertiary/aromatic N) is 2. The topological polar surface area (TPSA) is 58.5 Å². The summed E-state index contributed by atoms with van der Waals surface area (Å²) >= 11 is 0. The van der Waals surface area contributed by atoms with Gasteiger partial charge in [0.25, 0.3) is 0 Å². The summed E-state index contributed by atoms with van der Waals surface area (Å²) in [4.78, 5) is 2.36. The number of benzene rings is 3. The number of hydrogen-bond donors (Lipinski definition) is 2. The lowest BCUT2D eigenvalue weighted by Gasteiger charge is -2.24. The molecule has 4 nitrogen and oxygen atoms in total. The molecule has 30 heavy (non-hydrogen) atoms. The van der Waals surface area contributed by atoms with E-state index in [0.717, 1.165) is 37.7 Å². The van der Waals surface area contributed by atoms with Crippen LogP contribution in [0.1, 0.15) is 17.5 Å². The third-order valence-electron chi connectivity index (χ3n) is 5.84. The Morgan fingerprint density at radius 3 is 2.47 bits per heavy atom. The molecule has 0 saturated carbocycles. The van der Waals surface area contributed by atoms with Crippen molar-refractivity contribution >= 4 is 22.7 Å². The normalized spacial score (nSPS) is 16.1. The number of hydrogen-bond acceptors (Lipinski definition) is 4. The first-order valence-electron chi connectivity index (χ1n) is 10.1. The van der Waals surface area contributed by atoms with Crippen LogP contribution in [0.4, 0.5) is 31.5 Å². The molecule has 0 radical (unpaired) electrons. The van der Waals surface area contributed by atoms with Gasteiger partial charge in [-0.15, -0.1) is 0 Å². The number of halogens is 2. The van der Waals surface area contributed by atoms with E-state index in [4.69, 9.17) is 11.6 Å². The zero-order valence-electron chi connectivity index (χ0n) is 17.0. The molecule has 0 aromatic heterocycles. The average molecular weight is 408 g/mol. The van der Waals surface area contributed by atoms with E-state index >= 15 is 0 Å². The Kier molecular flexibility index (Phi) is 5.59. The van der Waals surface area contributed by atoms with Crippen LogP contribution in [0.25, 0.3) is 0 Å². The summed E-state index contributed by atoms with van der Waals surface area (Å²) < 4.78 is 28.3. The summed E-state index contributed by atoms with van der Waals surface area (Å²) in [6.45, 7) is 3.37. The Labute approximate surface area is 175 Å². The standard InChI is InChI=1S/C24H26F2N4/c1-16-21(25)14-22(27)24(23(16)26)30(28)20-9-7-19(8-10-20)29-12-11-18(15-29)13-17-5-3-2-4-6-17/h2-10,14,18H,11-13,15,27-28H2,1H3. The van der Waals surface area contributed by atoms with Gasteiger partial charge in [-0.1, -0.05) is 30.3 Å². The molecular formula is C24H26F2N4. The minimum Gasteiger partial charge on any atom is -0.397 e. The van der Waals surface area contributed by atoms with Crippen molar-refractivity contribution in [3.63, 3.8) is 0 Å². The van der Waals surface area contributed by atoms with Crippen LogP contribution >= 0.6 is 0 Å². The van der Waals surface area contributed by atoms with Crippen molar-refractivity contribution in [2.45, 2.75) is 19.8 Å². The van der Waals surface area contributed by atoms with Gasteiger partial charge in [-0.25, -0.2) is 14.6 Å². The highest BCUT2D eigenvalue weighted by Gasteiger charge is 2.23. The summed E-state index contributed by atoms with van der Waals surface area (Å²) in [5.74, 6) is 5.31. The van der Waals surface area contributed by atoms with Crippen molar-refractivity contribution < 1.29 is 8.78 Å². The number of rotatable bonds is 5. The highest BCUT2D eigenvalue weighted by atomic mass is 19.1. The second kappa shape index (κ2) is 8.32. The van der Waals surface area contributed by atoms with Crippen molar-refractivity contribution in [2.24, 2.45) is 11.8 Å². The predicted molar refractivity (Wildman–Crippen MR) is 119 cm³/mol. The first-order chi connectivity index (χ1) is 14.4. The van der Waals surface area contributed by atoms with E-state index in [-0.39, 0.29) is 16.9 Å². The van der Waals surface area contributed by atoms with E-state index in [0.29, 0.717) is 11.6 Å². The van der Waals surface area contributed by atoms with Crippen LogP contribution in [0.3, 0.4) is 0 Å². The minimum atomic E-state index is -0.748. The smallest absolute Gasteiger partial charge is 0.156 e. The zero-order chi connectivity index (χ0) is 21.3. The highest BCUT2D eigenvalue weighted by Crippen LogP contribution is 2.35. The lowest BCUT2D eigenvalue weighted by atomic mass is 9.99. The van der Waals surface area contributed by atoms with Crippen molar-refractivity contribution in [2.75, 3.05) is 28.7 Å². The maximum absolute atomic E-state index is 14.6. The Bertz CT molecular complexity index is 1020. The fourth-order valence-corrected chi connectivity index (χ4v) is 4.10. The van der Waals surface area contributed by atoms with Gasteiger partial charge in [0.1, 0.15) is 11.5 Å². The van der Waals surface area contributed by atoms with E-state index in [2.05, 4.69) is 29.2 Å². The van der Waals surface area contributed by atoms with Crippen LogP contribution in [0.5, 0.6) is 0 Å². The summed E-state index contributed by atoms with van der Waals surface area (Å²) in [6, 6.07) is 19.3. The highest BCUT2D eigenvalue weighted by molar-refractivity contribution is 5.76. The largest absolute Gasteiger partial charge is 0.397 e. The molecule has 0 spiro atoms. The van der Waals surface area contributed by atoms with Crippen molar-refractivity contribution in [3.05, 3.63) is 83.4 Å². The van der Waals surface area contributed by atoms with E-state index < -0.39 is 11.6 Å². The molecule has 4 rings (SSSR count). The molecule has 1 unspecified atom stereocenters. The maximum atomic E-state index is 14.6. The Morgan fingerprint density at radius 1 is 1.07 bits per heavy atom. The predicted octanol–water partition coefficient (Wildman–Crippen LogP) is 4.94. The molecule has 0 amide bonds. The molecule has 3 aromatic rings. The number of nitrogen functional groups attached to an aromatic ring is 1. The molecule has 1 aliphatic rings. The number of anilines is 4. The Hall–Kier alpha value is -3.12. The van der Waals surface area contributed by atoms with Gasteiger partial charge in [-0.05, 0) is 61.6 Å². The fraction of sp³-hybridized carbons (Fsp3) is 0.250. The van der Waals surface area contributed by atoms with Crippen LogP contribution in [0.15, 0.2) is 60.7 Å². The molecule has 1 saturated heterocycles. The molecule has 6 heteroatoms. The summed E-state index contributed by atoms with van der Waals surface area (Å²) in [5.41, 5.74) is 8.71. The Morgan fingerprint density at radius 2 is 1.77 bits per heavy atom. The zero-order valence-corrected chi connectivity index (χ0v) is 17.0. The van der Waals surface area contributed by atoms with Crippen LogP contribution in [-0.4, -0.2) is 13.1 Å². The van der Waals surface area contributed by atoms with Gasteiger partial charge in [0.15, 0.2) is 5.82 Å². The van der Waals surface area contributed by atoms with E-state index in [1.165, 1.54) is 17.5 Å². The number of nitrogens with two attached hydrogens (primary N) is 2. The van der Waals surface area contributed by atoms with Gasteiger partial charge in [0, 0.05) is 24.3 Å². The van der Waals surface area contributed by atoms with Gasteiger partial charge in [0.05, 0.1) is 11.4 Å². The molecule has 3 aromatic carbocycles. The van der Waals surface area contributed by atoms with Crippen LogP contribution < -0.4 is 21.5 Å². The third-order valence-corrected chi connectivity index (χ3v) is 5.84. The monoisotopic (exact) mass is 408 g/mol. The molecule has 156 valence electrons.